The zero-order chi connectivity index (χ0) is 11.8. The minimum Gasteiger partial charge on any atom is -0.319 e. The second kappa shape index (κ2) is 3.77. The van der Waals surface area contributed by atoms with Crippen LogP contribution in [0.15, 0.2) is 24.3 Å². The molecule has 1 aliphatic carbocycles. The molecule has 0 spiro atoms. The fourth-order valence-electron chi connectivity index (χ4n) is 2.53. The predicted octanol–water partition coefficient (Wildman–Crippen LogP) is 2.71. The maximum Gasteiger partial charge on any atom is 0.250 e. The molecule has 0 saturated heterocycles. The normalized spacial score (nSPS) is 21.5. The van der Waals surface area contributed by atoms with Crippen LogP contribution in [0.5, 0.6) is 0 Å². The Morgan fingerprint density at radius 1 is 1.31 bits per heavy atom. The van der Waals surface area contributed by atoms with Crippen molar-refractivity contribution in [1.29, 1.82) is 0 Å². The van der Waals surface area contributed by atoms with Gasteiger partial charge >= 0.3 is 0 Å². The van der Waals surface area contributed by atoms with E-state index in [1.807, 2.05) is 0 Å². The number of likely N-dealkylation sites (N-methyl/N-ethyl adjacent to an activating group) is 1. The summed E-state index contributed by atoms with van der Waals surface area (Å²) in [6, 6.07) is 5.97. The van der Waals surface area contributed by atoms with Crippen LogP contribution in [0.25, 0.3) is 0 Å². The monoisotopic (exact) mass is 229 g/mol. The maximum atomic E-state index is 13.1. The van der Waals surface area contributed by atoms with Gasteiger partial charge in [0.05, 0.1) is 0 Å². The van der Waals surface area contributed by atoms with Gasteiger partial charge in [0.2, 0.25) is 5.92 Å². The first kappa shape index (κ1) is 11.5. The quantitative estimate of drug-likeness (QED) is 0.840. The van der Waals surface area contributed by atoms with E-state index in [0.29, 0.717) is 12.1 Å². The molecule has 1 nitrogen and oxygen atoms in total. The maximum absolute atomic E-state index is 13.1. The number of nitrogens with one attached hydrogen (secondary N) is 1. The van der Waals surface area contributed by atoms with Crippen molar-refractivity contribution < 1.29 is 13.2 Å². The molecule has 1 aromatic rings. The molecule has 0 atom stereocenters. The predicted molar refractivity (Wildman–Crippen MR) is 56.2 cm³/mol. The largest absolute Gasteiger partial charge is 0.319 e. The molecule has 0 radical (unpaired) electrons. The number of hydrogen-bond donors (Lipinski definition) is 1. The van der Waals surface area contributed by atoms with Crippen molar-refractivity contribution in [2.45, 2.75) is 24.2 Å². The molecule has 1 aromatic carbocycles. The lowest BCUT2D eigenvalue weighted by molar-refractivity contribution is -0.125. The van der Waals surface area contributed by atoms with Gasteiger partial charge in [-0.1, -0.05) is 12.1 Å². The van der Waals surface area contributed by atoms with E-state index < -0.39 is 11.3 Å². The number of halogens is 3. The highest BCUT2D eigenvalue weighted by atomic mass is 19.3. The van der Waals surface area contributed by atoms with E-state index in [0.717, 1.165) is 0 Å². The average molecular weight is 229 g/mol. The van der Waals surface area contributed by atoms with Crippen molar-refractivity contribution in [2.75, 3.05) is 13.6 Å². The van der Waals surface area contributed by atoms with Crippen molar-refractivity contribution in [2.24, 2.45) is 0 Å². The minimum atomic E-state index is -2.61. The first-order chi connectivity index (χ1) is 7.47. The molecule has 0 unspecified atom stereocenters. The summed E-state index contributed by atoms with van der Waals surface area (Å²) >= 11 is 0. The summed E-state index contributed by atoms with van der Waals surface area (Å²) in [4.78, 5) is 0. The SMILES string of the molecule is CNCC1(c2cccc(F)c2)CC(F)(F)C1. The lowest BCUT2D eigenvalue weighted by atomic mass is 9.62. The van der Waals surface area contributed by atoms with E-state index in [1.165, 1.54) is 12.1 Å². The smallest absolute Gasteiger partial charge is 0.250 e. The van der Waals surface area contributed by atoms with E-state index in [1.54, 1.807) is 19.2 Å². The zero-order valence-electron chi connectivity index (χ0n) is 9.06. The second-order valence-electron chi connectivity index (χ2n) is 4.53. The molecule has 0 aromatic heterocycles. The lowest BCUT2D eigenvalue weighted by Gasteiger charge is -2.47. The summed E-state index contributed by atoms with van der Waals surface area (Å²) in [5, 5.41) is 2.91. The first-order valence-electron chi connectivity index (χ1n) is 5.26. The highest BCUT2D eigenvalue weighted by molar-refractivity contribution is 5.31. The van der Waals surface area contributed by atoms with Crippen molar-refractivity contribution >= 4 is 0 Å². The van der Waals surface area contributed by atoms with Crippen molar-refractivity contribution in [1.82, 2.24) is 5.32 Å². The van der Waals surface area contributed by atoms with Crippen LogP contribution in [0.4, 0.5) is 13.2 Å². The fourth-order valence-corrected chi connectivity index (χ4v) is 2.53. The Kier molecular flexibility index (Phi) is 2.70. The third-order valence-corrected chi connectivity index (χ3v) is 3.15. The van der Waals surface area contributed by atoms with Gasteiger partial charge in [-0.15, -0.1) is 0 Å². The Hall–Kier alpha value is -1.03. The number of rotatable bonds is 3. The topological polar surface area (TPSA) is 12.0 Å². The molecule has 4 heteroatoms. The Balaban J connectivity index is 2.28. The summed E-state index contributed by atoms with van der Waals surface area (Å²) in [7, 11) is 1.72. The van der Waals surface area contributed by atoms with Crippen LogP contribution in [-0.2, 0) is 5.41 Å². The van der Waals surface area contributed by atoms with Gasteiger partial charge < -0.3 is 5.32 Å². The average Bonchev–Trinajstić information content (AvgIpc) is 2.15. The van der Waals surface area contributed by atoms with E-state index in [-0.39, 0.29) is 18.7 Å². The molecule has 0 amide bonds. The minimum absolute atomic E-state index is 0.204. The zero-order valence-corrected chi connectivity index (χ0v) is 9.06. The Morgan fingerprint density at radius 3 is 2.50 bits per heavy atom. The summed E-state index contributed by atoms with van der Waals surface area (Å²) in [5.74, 6) is -2.98. The van der Waals surface area contributed by atoms with Crippen LogP contribution in [0.3, 0.4) is 0 Å². The molecule has 0 heterocycles. The van der Waals surface area contributed by atoms with Crippen LogP contribution >= 0.6 is 0 Å². The summed E-state index contributed by atoms with van der Waals surface area (Å²) in [5.41, 5.74) is 0.0492. The van der Waals surface area contributed by atoms with Crippen LogP contribution in [0.2, 0.25) is 0 Å². The van der Waals surface area contributed by atoms with Crippen molar-refractivity contribution in [3.63, 3.8) is 0 Å². The molecule has 88 valence electrons. The third-order valence-electron chi connectivity index (χ3n) is 3.15. The van der Waals surface area contributed by atoms with Crippen molar-refractivity contribution in [3.8, 4) is 0 Å². The van der Waals surface area contributed by atoms with Gasteiger partial charge in [-0.3, -0.25) is 0 Å². The molecule has 1 N–H and O–H groups in total. The second-order valence-corrected chi connectivity index (χ2v) is 4.53. The molecule has 0 aliphatic heterocycles. The fraction of sp³-hybridized carbons (Fsp3) is 0.500. The van der Waals surface area contributed by atoms with Gasteiger partial charge in [0, 0.05) is 24.8 Å². The molecule has 16 heavy (non-hydrogen) atoms. The molecule has 1 aliphatic rings. The third kappa shape index (κ3) is 1.94. The Morgan fingerprint density at radius 2 is 2.00 bits per heavy atom. The van der Waals surface area contributed by atoms with Crippen LogP contribution < -0.4 is 5.32 Å². The molecular formula is C12H14F3N. The van der Waals surface area contributed by atoms with E-state index in [9.17, 15) is 13.2 Å². The lowest BCUT2D eigenvalue weighted by Crippen LogP contribution is -2.54. The van der Waals surface area contributed by atoms with Gasteiger partial charge in [-0.25, -0.2) is 13.2 Å². The number of hydrogen-bond acceptors (Lipinski definition) is 1. The van der Waals surface area contributed by atoms with Gasteiger partial charge in [0.15, 0.2) is 0 Å². The number of alkyl halides is 2. The number of benzene rings is 1. The summed E-state index contributed by atoms with van der Waals surface area (Å²) < 4.78 is 39.1. The van der Waals surface area contributed by atoms with Gasteiger partial charge in [0.25, 0.3) is 0 Å². The molecule has 0 bridgehead atoms. The van der Waals surface area contributed by atoms with Gasteiger partial charge in [0.1, 0.15) is 5.82 Å². The Bertz CT molecular complexity index is 382. The van der Waals surface area contributed by atoms with Crippen LogP contribution in [0.1, 0.15) is 18.4 Å². The van der Waals surface area contributed by atoms with E-state index in [2.05, 4.69) is 5.32 Å². The summed E-state index contributed by atoms with van der Waals surface area (Å²) in [6.45, 7) is 0.450. The highest BCUT2D eigenvalue weighted by Gasteiger charge is 2.56. The standard InChI is InChI=1S/C12H14F3N/c1-16-8-11(6-12(14,15)7-11)9-3-2-4-10(13)5-9/h2-5,16H,6-8H2,1H3. The molecule has 1 fully saturated rings. The molecule has 1 saturated carbocycles. The molecular weight excluding hydrogens is 215 g/mol. The van der Waals surface area contributed by atoms with Crippen LogP contribution in [0, 0.1) is 5.82 Å². The Labute approximate surface area is 92.7 Å². The summed E-state index contributed by atoms with van der Waals surface area (Å²) in [6.07, 6.45) is -0.408. The van der Waals surface area contributed by atoms with Gasteiger partial charge in [-0.2, -0.15) is 0 Å². The van der Waals surface area contributed by atoms with E-state index in [4.69, 9.17) is 0 Å². The van der Waals surface area contributed by atoms with E-state index >= 15 is 0 Å². The van der Waals surface area contributed by atoms with Crippen molar-refractivity contribution in [3.05, 3.63) is 35.6 Å². The first-order valence-corrected chi connectivity index (χ1v) is 5.26. The van der Waals surface area contributed by atoms with Gasteiger partial charge in [-0.05, 0) is 24.7 Å². The molecule has 2 rings (SSSR count). The highest BCUT2D eigenvalue weighted by Crippen LogP contribution is 2.53. The van der Waals surface area contributed by atoms with Crippen LogP contribution in [-0.4, -0.2) is 19.5 Å².